The van der Waals surface area contributed by atoms with Gasteiger partial charge in [0.2, 0.25) is 21.8 Å². The number of hydrogen-bond acceptors (Lipinski definition) is 6. The Morgan fingerprint density at radius 2 is 1.71 bits per heavy atom. The van der Waals surface area contributed by atoms with Crippen LogP contribution in [0.15, 0.2) is 78.9 Å². The first-order chi connectivity index (χ1) is 19.6. The Labute approximate surface area is 240 Å². The average Bonchev–Trinajstić information content (AvgIpc) is 2.90. The maximum absolute atomic E-state index is 14.1. The van der Waals surface area contributed by atoms with Crippen molar-refractivity contribution >= 4 is 33.2 Å². The molecule has 0 bridgehead atoms. The van der Waals surface area contributed by atoms with E-state index in [0.717, 1.165) is 11.8 Å². The van der Waals surface area contributed by atoms with E-state index in [1.165, 1.54) is 6.07 Å². The van der Waals surface area contributed by atoms with Gasteiger partial charge >= 0.3 is 0 Å². The molecule has 1 saturated heterocycles. The molecule has 4 rings (SSSR count). The molecule has 0 spiro atoms. The van der Waals surface area contributed by atoms with Gasteiger partial charge in [-0.15, -0.1) is 0 Å². The van der Waals surface area contributed by atoms with E-state index in [-0.39, 0.29) is 43.1 Å². The Bertz CT molecular complexity index is 1450. The van der Waals surface area contributed by atoms with Crippen LogP contribution in [0.5, 0.6) is 0 Å². The van der Waals surface area contributed by atoms with Crippen molar-refractivity contribution in [2.75, 3.05) is 42.5 Å². The smallest absolute Gasteiger partial charge is 0.238 e. The summed E-state index contributed by atoms with van der Waals surface area (Å²) in [5.41, 5.74) is 8.67. The lowest BCUT2D eigenvalue weighted by Gasteiger charge is -2.42. The largest absolute Gasteiger partial charge is 0.337 e. The molecule has 2 amide bonds. The van der Waals surface area contributed by atoms with Gasteiger partial charge in [-0.2, -0.15) is 0 Å². The van der Waals surface area contributed by atoms with E-state index in [4.69, 9.17) is 5.73 Å². The van der Waals surface area contributed by atoms with Crippen molar-refractivity contribution in [3.8, 4) is 0 Å². The van der Waals surface area contributed by atoms with Crippen LogP contribution in [-0.4, -0.2) is 74.6 Å². The maximum Gasteiger partial charge on any atom is 0.238 e. The Morgan fingerprint density at radius 3 is 2.44 bits per heavy atom. The maximum atomic E-state index is 14.1. The van der Waals surface area contributed by atoms with Crippen LogP contribution in [0.3, 0.4) is 0 Å². The average molecular weight is 582 g/mol. The van der Waals surface area contributed by atoms with Crippen molar-refractivity contribution in [2.24, 2.45) is 5.73 Å². The summed E-state index contributed by atoms with van der Waals surface area (Å²) in [6.07, 6.45) is 2.04. The molecule has 41 heavy (non-hydrogen) atoms. The zero-order valence-electron chi connectivity index (χ0n) is 23.0. The van der Waals surface area contributed by atoms with E-state index in [1.807, 2.05) is 40.1 Å². The van der Waals surface area contributed by atoms with Gasteiger partial charge in [0.1, 0.15) is 5.82 Å². The first-order valence-corrected chi connectivity index (χ1v) is 15.4. The van der Waals surface area contributed by atoms with Crippen molar-refractivity contribution in [2.45, 2.75) is 31.3 Å². The monoisotopic (exact) mass is 581 g/mol. The number of piperazine rings is 1. The highest BCUT2D eigenvalue weighted by atomic mass is 32.2. The minimum Gasteiger partial charge on any atom is -0.337 e. The number of anilines is 2. The first kappa shape index (κ1) is 30.2. The normalized spacial score (nSPS) is 16.7. The number of sulfonamides is 1. The summed E-state index contributed by atoms with van der Waals surface area (Å²) in [7, 11) is -3.44. The Kier molecular flexibility index (Phi) is 10.1. The van der Waals surface area contributed by atoms with Gasteiger partial charge < -0.3 is 16.0 Å². The fourth-order valence-electron chi connectivity index (χ4n) is 5.09. The van der Waals surface area contributed by atoms with Gasteiger partial charge in [0.15, 0.2) is 0 Å². The predicted octanol–water partition coefficient (Wildman–Crippen LogP) is 2.85. The third-order valence-corrected chi connectivity index (χ3v) is 7.50. The number of rotatable bonds is 11. The fraction of sp³-hybridized carbons (Fsp3) is 0.333. The third kappa shape index (κ3) is 9.38. The molecule has 11 heteroatoms. The van der Waals surface area contributed by atoms with Crippen LogP contribution in [0.1, 0.15) is 17.5 Å². The summed E-state index contributed by atoms with van der Waals surface area (Å²) in [5, 5.41) is 2.82. The molecule has 1 aliphatic rings. The van der Waals surface area contributed by atoms with E-state index in [1.54, 1.807) is 42.5 Å². The molecule has 0 aromatic heterocycles. The number of nitrogens with one attached hydrogen (secondary N) is 2. The topological polar surface area (TPSA) is 125 Å². The minimum absolute atomic E-state index is 0.0888. The molecular weight excluding hydrogens is 545 g/mol. The number of nitrogens with zero attached hydrogens (tertiary/aromatic N) is 2. The molecule has 218 valence electrons. The van der Waals surface area contributed by atoms with Gasteiger partial charge in [-0.25, -0.2) is 12.8 Å². The highest BCUT2D eigenvalue weighted by Gasteiger charge is 2.32. The van der Waals surface area contributed by atoms with Gasteiger partial charge in [0.05, 0.1) is 18.5 Å². The van der Waals surface area contributed by atoms with E-state index in [0.29, 0.717) is 43.0 Å². The summed E-state index contributed by atoms with van der Waals surface area (Å²) in [6, 6.07) is 22.1. The summed E-state index contributed by atoms with van der Waals surface area (Å²) < 4.78 is 39.6. The third-order valence-electron chi connectivity index (χ3n) is 6.89. The van der Waals surface area contributed by atoms with Crippen LogP contribution in [0.4, 0.5) is 15.8 Å². The van der Waals surface area contributed by atoms with Crippen LogP contribution in [-0.2, 0) is 32.5 Å². The molecule has 0 aliphatic carbocycles. The number of amides is 2. The number of hydrogen-bond donors (Lipinski definition) is 3. The van der Waals surface area contributed by atoms with Gasteiger partial charge in [-0.1, -0.05) is 54.6 Å². The van der Waals surface area contributed by atoms with Gasteiger partial charge in [-0.05, 0) is 48.2 Å². The molecule has 0 radical (unpaired) electrons. The number of halogens is 1. The molecule has 1 unspecified atom stereocenters. The molecule has 1 aliphatic heterocycles. The summed E-state index contributed by atoms with van der Waals surface area (Å²) >= 11 is 0. The van der Waals surface area contributed by atoms with E-state index >= 15 is 0 Å². The lowest BCUT2D eigenvalue weighted by atomic mass is 9.99. The first-order valence-electron chi connectivity index (χ1n) is 13.5. The van der Waals surface area contributed by atoms with Gasteiger partial charge in [-0.3, -0.25) is 19.2 Å². The van der Waals surface area contributed by atoms with Crippen molar-refractivity contribution < 1.29 is 22.4 Å². The zero-order chi connectivity index (χ0) is 29.4. The van der Waals surface area contributed by atoms with Crippen LogP contribution < -0.4 is 15.8 Å². The SMILES string of the molecule is CS(=O)(=O)Nc1cccc(NC(=O)CN2CCN(C(=O)C[C@H](N)Cc3ccccc3F)C(Cc3ccccc3)C2)c1. The lowest BCUT2D eigenvalue weighted by Crippen LogP contribution is -2.57. The van der Waals surface area contributed by atoms with Crippen molar-refractivity contribution in [3.63, 3.8) is 0 Å². The number of carbonyl (C=O) groups excluding carboxylic acids is 2. The Morgan fingerprint density at radius 1 is 1.00 bits per heavy atom. The molecule has 4 N–H and O–H groups in total. The lowest BCUT2D eigenvalue weighted by molar-refractivity contribution is -0.136. The second kappa shape index (κ2) is 13.7. The molecule has 1 heterocycles. The quantitative estimate of drug-likeness (QED) is 0.320. The van der Waals surface area contributed by atoms with Crippen LogP contribution in [0.25, 0.3) is 0 Å². The second-order valence-electron chi connectivity index (χ2n) is 10.4. The molecule has 3 aromatic rings. The van der Waals surface area contributed by atoms with Crippen LogP contribution in [0.2, 0.25) is 0 Å². The highest BCUT2D eigenvalue weighted by Crippen LogP contribution is 2.19. The summed E-state index contributed by atoms with van der Waals surface area (Å²) in [4.78, 5) is 30.1. The molecule has 1 fully saturated rings. The Balaban J connectivity index is 1.39. The van der Waals surface area contributed by atoms with Crippen LogP contribution in [0, 0.1) is 5.82 Å². The molecule has 3 aromatic carbocycles. The standard InChI is InChI=1S/C30H36FN5O4S/c1-41(39,40)34-26-12-7-11-25(19-26)33-29(37)21-35-14-15-36(27(20-35)16-22-8-3-2-4-9-22)30(38)18-24(32)17-23-10-5-6-13-28(23)31/h2-13,19,24,27,34H,14-18,20-21,32H2,1H3,(H,33,37)/t24-,27?/m1/s1. The number of nitrogens with two attached hydrogens (primary N) is 1. The fourth-order valence-corrected chi connectivity index (χ4v) is 5.65. The molecule has 0 saturated carbocycles. The van der Waals surface area contributed by atoms with E-state index in [2.05, 4.69) is 10.0 Å². The predicted molar refractivity (Wildman–Crippen MR) is 158 cm³/mol. The Hall–Kier alpha value is -3.80. The summed E-state index contributed by atoms with van der Waals surface area (Å²) in [5.74, 6) is -0.664. The number of benzene rings is 3. The molecule has 9 nitrogen and oxygen atoms in total. The second-order valence-corrected chi connectivity index (χ2v) is 12.2. The van der Waals surface area contributed by atoms with Crippen LogP contribution >= 0.6 is 0 Å². The van der Waals surface area contributed by atoms with Gasteiger partial charge in [0, 0.05) is 43.8 Å². The highest BCUT2D eigenvalue weighted by molar-refractivity contribution is 7.92. The zero-order valence-corrected chi connectivity index (χ0v) is 23.8. The van der Waals surface area contributed by atoms with Crippen molar-refractivity contribution in [3.05, 3.63) is 95.8 Å². The van der Waals surface area contributed by atoms with E-state index < -0.39 is 16.1 Å². The minimum atomic E-state index is -3.44. The molecule has 2 atom stereocenters. The van der Waals surface area contributed by atoms with Gasteiger partial charge in [0.25, 0.3) is 0 Å². The summed E-state index contributed by atoms with van der Waals surface area (Å²) in [6.45, 7) is 1.54. The number of carbonyl (C=O) groups is 2. The molecular formula is C30H36FN5O4S. The van der Waals surface area contributed by atoms with Crippen molar-refractivity contribution in [1.82, 2.24) is 9.80 Å². The van der Waals surface area contributed by atoms with E-state index in [9.17, 15) is 22.4 Å². The van der Waals surface area contributed by atoms with Crippen molar-refractivity contribution in [1.29, 1.82) is 0 Å².